The fourth-order valence-electron chi connectivity index (χ4n) is 2.68. The van der Waals surface area contributed by atoms with Gasteiger partial charge in [0.2, 0.25) is 0 Å². The SMILES string of the molecule is CCOc1cc(CNCCCNCCO)c(Cl)cc1OCc1c(F)cccc1Cl. The third-order valence-electron chi connectivity index (χ3n) is 4.16. The maximum absolute atomic E-state index is 14.0. The van der Waals surface area contributed by atoms with Crippen molar-refractivity contribution in [2.75, 3.05) is 32.8 Å². The minimum absolute atomic E-state index is 0.0274. The van der Waals surface area contributed by atoms with Crippen LogP contribution in [0.15, 0.2) is 30.3 Å². The number of benzene rings is 2. The van der Waals surface area contributed by atoms with E-state index in [0.717, 1.165) is 25.1 Å². The molecule has 0 radical (unpaired) electrons. The summed E-state index contributed by atoms with van der Waals surface area (Å²) in [6, 6.07) is 8.03. The molecule has 0 fully saturated rings. The normalized spacial score (nSPS) is 10.9. The van der Waals surface area contributed by atoms with Crippen LogP contribution in [-0.2, 0) is 13.2 Å². The molecule has 0 aliphatic heterocycles. The first-order valence-electron chi connectivity index (χ1n) is 9.60. The smallest absolute Gasteiger partial charge is 0.163 e. The van der Waals surface area contributed by atoms with Crippen molar-refractivity contribution in [3.8, 4) is 11.5 Å². The zero-order chi connectivity index (χ0) is 21.1. The highest BCUT2D eigenvalue weighted by Gasteiger charge is 2.14. The summed E-state index contributed by atoms with van der Waals surface area (Å²) < 4.78 is 25.4. The van der Waals surface area contributed by atoms with Gasteiger partial charge in [-0.3, -0.25) is 0 Å². The molecule has 0 aliphatic carbocycles. The van der Waals surface area contributed by atoms with Crippen molar-refractivity contribution in [2.24, 2.45) is 0 Å². The zero-order valence-electron chi connectivity index (χ0n) is 16.4. The summed E-state index contributed by atoms with van der Waals surface area (Å²) in [6.07, 6.45) is 0.931. The van der Waals surface area contributed by atoms with Gasteiger partial charge in [0, 0.05) is 29.7 Å². The van der Waals surface area contributed by atoms with Crippen molar-refractivity contribution < 1.29 is 19.0 Å². The highest BCUT2D eigenvalue weighted by molar-refractivity contribution is 6.31. The number of aliphatic hydroxyl groups is 1. The van der Waals surface area contributed by atoms with Gasteiger partial charge in [-0.1, -0.05) is 29.3 Å². The van der Waals surface area contributed by atoms with Crippen LogP contribution in [0.3, 0.4) is 0 Å². The van der Waals surface area contributed by atoms with Crippen LogP contribution in [0.2, 0.25) is 10.0 Å². The van der Waals surface area contributed by atoms with E-state index >= 15 is 0 Å². The molecule has 2 rings (SSSR count). The van der Waals surface area contributed by atoms with Crippen molar-refractivity contribution >= 4 is 23.2 Å². The lowest BCUT2D eigenvalue weighted by Crippen LogP contribution is -2.24. The fourth-order valence-corrected chi connectivity index (χ4v) is 3.12. The van der Waals surface area contributed by atoms with Crippen LogP contribution in [0.4, 0.5) is 4.39 Å². The monoisotopic (exact) mass is 444 g/mol. The van der Waals surface area contributed by atoms with Crippen LogP contribution in [0.25, 0.3) is 0 Å². The Morgan fingerprint density at radius 2 is 1.76 bits per heavy atom. The number of halogens is 3. The number of hydrogen-bond acceptors (Lipinski definition) is 5. The van der Waals surface area contributed by atoms with Gasteiger partial charge in [-0.25, -0.2) is 4.39 Å². The largest absolute Gasteiger partial charge is 0.490 e. The lowest BCUT2D eigenvalue weighted by Gasteiger charge is -2.16. The molecular weight excluding hydrogens is 418 g/mol. The van der Waals surface area contributed by atoms with E-state index in [2.05, 4.69) is 10.6 Å². The highest BCUT2D eigenvalue weighted by Crippen LogP contribution is 2.35. The average Bonchev–Trinajstić information content (AvgIpc) is 2.69. The number of rotatable bonds is 13. The molecule has 0 atom stereocenters. The van der Waals surface area contributed by atoms with E-state index in [4.69, 9.17) is 37.8 Å². The number of nitrogens with one attached hydrogen (secondary N) is 2. The summed E-state index contributed by atoms with van der Waals surface area (Å²) in [7, 11) is 0. The van der Waals surface area contributed by atoms with Crippen LogP contribution < -0.4 is 20.1 Å². The Morgan fingerprint density at radius 1 is 1.00 bits per heavy atom. The van der Waals surface area contributed by atoms with E-state index in [9.17, 15) is 4.39 Å². The minimum Gasteiger partial charge on any atom is -0.490 e. The van der Waals surface area contributed by atoms with E-state index < -0.39 is 5.82 Å². The van der Waals surface area contributed by atoms with Crippen molar-refractivity contribution in [1.82, 2.24) is 10.6 Å². The molecule has 0 aliphatic rings. The molecular formula is C21H27Cl2FN2O3. The third-order valence-corrected chi connectivity index (χ3v) is 4.86. The molecule has 8 heteroatoms. The van der Waals surface area contributed by atoms with Gasteiger partial charge >= 0.3 is 0 Å². The van der Waals surface area contributed by atoms with E-state index in [0.29, 0.717) is 41.2 Å². The van der Waals surface area contributed by atoms with Crippen LogP contribution in [0, 0.1) is 5.82 Å². The Bertz CT molecular complexity index is 758. The first-order valence-corrected chi connectivity index (χ1v) is 10.4. The molecule has 0 saturated heterocycles. The highest BCUT2D eigenvalue weighted by atomic mass is 35.5. The van der Waals surface area contributed by atoms with E-state index in [1.807, 2.05) is 13.0 Å². The number of hydrogen-bond donors (Lipinski definition) is 3. The van der Waals surface area contributed by atoms with Crippen LogP contribution in [0.5, 0.6) is 11.5 Å². The summed E-state index contributed by atoms with van der Waals surface area (Å²) in [5, 5.41) is 16.0. The van der Waals surface area contributed by atoms with Gasteiger partial charge in [0.05, 0.1) is 18.2 Å². The molecule has 2 aromatic rings. The molecule has 3 N–H and O–H groups in total. The maximum Gasteiger partial charge on any atom is 0.163 e. The second kappa shape index (κ2) is 12.9. The second-order valence-corrected chi connectivity index (χ2v) is 7.13. The summed E-state index contributed by atoms with van der Waals surface area (Å²) in [5.74, 6) is 0.565. The molecule has 29 heavy (non-hydrogen) atoms. The standard InChI is InChI=1S/C21H27Cl2FN2O3/c1-2-28-20-11-15(13-26-8-4-7-25-9-10-27)18(23)12-21(20)29-14-16-17(22)5-3-6-19(16)24/h3,5-6,11-12,25-27H,2,4,7-10,13-14H2,1H3. The molecule has 2 aromatic carbocycles. The molecule has 0 spiro atoms. The summed E-state index contributed by atoms with van der Waals surface area (Å²) >= 11 is 12.5. The molecule has 160 valence electrons. The predicted octanol–water partition coefficient (Wildman–Crippen LogP) is 4.17. The molecule has 0 heterocycles. The Hall–Kier alpha value is -1.57. The van der Waals surface area contributed by atoms with Gasteiger partial charge in [0.1, 0.15) is 12.4 Å². The molecule has 0 bridgehead atoms. The second-order valence-electron chi connectivity index (χ2n) is 6.32. The van der Waals surface area contributed by atoms with Gasteiger partial charge in [-0.05, 0) is 50.2 Å². The zero-order valence-corrected chi connectivity index (χ0v) is 18.0. The minimum atomic E-state index is -0.421. The summed E-state index contributed by atoms with van der Waals surface area (Å²) in [4.78, 5) is 0. The van der Waals surface area contributed by atoms with Crippen molar-refractivity contribution in [1.29, 1.82) is 0 Å². The lowest BCUT2D eigenvalue weighted by atomic mass is 10.2. The number of aliphatic hydroxyl groups excluding tert-OH is 1. The Morgan fingerprint density at radius 3 is 2.48 bits per heavy atom. The van der Waals surface area contributed by atoms with Gasteiger partial charge in [0.15, 0.2) is 11.5 Å². The van der Waals surface area contributed by atoms with Gasteiger partial charge in [-0.15, -0.1) is 0 Å². The van der Waals surface area contributed by atoms with Crippen LogP contribution in [-0.4, -0.2) is 38.0 Å². The molecule has 0 aromatic heterocycles. The number of ether oxygens (including phenoxy) is 2. The Balaban J connectivity index is 1.99. The van der Waals surface area contributed by atoms with Gasteiger partial charge < -0.3 is 25.2 Å². The third kappa shape index (κ3) is 7.64. The Kier molecular flexibility index (Phi) is 10.5. The quantitative estimate of drug-likeness (QED) is 0.404. The predicted molar refractivity (Wildman–Crippen MR) is 115 cm³/mol. The van der Waals surface area contributed by atoms with Crippen LogP contribution in [0.1, 0.15) is 24.5 Å². The maximum atomic E-state index is 14.0. The molecule has 0 amide bonds. The Labute approximate surface area is 181 Å². The van der Waals surface area contributed by atoms with Crippen molar-refractivity contribution in [3.63, 3.8) is 0 Å². The van der Waals surface area contributed by atoms with Gasteiger partial charge in [-0.2, -0.15) is 0 Å². The first kappa shape index (κ1) is 23.7. The van der Waals surface area contributed by atoms with Gasteiger partial charge in [0.25, 0.3) is 0 Å². The average molecular weight is 445 g/mol. The molecule has 5 nitrogen and oxygen atoms in total. The summed E-state index contributed by atoms with van der Waals surface area (Å²) in [5.41, 5.74) is 1.17. The van der Waals surface area contributed by atoms with E-state index in [1.165, 1.54) is 6.07 Å². The fraction of sp³-hybridized carbons (Fsp3) is 0.429. The topological polar surface area (TPSA) is 62.8 Å². The van der Waals surface area contributed by atoms with E-state index in [1.54, 1.807) is 18.2 Å². The molecule has 0 saturated carbocycles. The van der Waals surface area contributed by atoms with E-state index in [-0.39, 0.29) is 18.8 Å². The van der Waals surface area contributed by atoms with Crippen LogP contribution >= 0.6 is 23.2 Å². The molecule has 0 unspecified atom stereocenters. The lowest BCUT2D eigenvalue weighted by molar-refractivity contribution is 0.265. The summed E-state index contributed by atoms with van der Waals surface area (Å²) in [6.45, 7) is 5.27. The van der Waals surface area contributed by atoms with Crippen molar-refractivity contribution in [3.05, 3.63) is 57.3 Å². The first-order chi connectivity index (χ1) is 14.1. The van der Waals surface area contributed by atoms with Crippen molar-refractivity contribution in [2.45, 2.75) is 26.5 Å².